The fourth-order valence-electron chi connectivity index (χ4n) is 1.77. The van der Waals surface area contributed by atoms with Crippen molar-refractivity contribution in [2.75, 3.05) is 10.6 Å². The van der Waals surface area contributed by atoms with Crippen LogP contribution in [0.4, 0.5) is 11.4 Å². The molecule has 23 heavy (non-hydrogen) atoms. The Morgan fingerprint density at radius 3 is 2.26 bits per heavy atom. The van der Waals surface area contributed by atoms with Gasteiger partial charge in [-0.15, -0.1) is 0 Å². The smallest absolute Gasteiger partial charge is 0.314 e. The van der Waals surface area contributed by atoms with Gasteiger partial charge in [0.05, 0.1) is 10.7 Å². The van der Waals surface area contributed by atoms with E-state index in [2.05, 4.69) is 10.6 Å². The molecule has 0 radical (unpaired) electrons. The number of benzene rings is 2. The highest BCUT2D eigenvalue weighted by Gasteiger charge is 2.16. The van der Waals surface area contributed by atoms with E-state index >= 15 is 0 Å². The molecule has 2 aromatic carbocycles. The van der Waals surface area contributed by atoms with Gasteiger partial charge in [-0.25, -0.2) is 0 Å². The van der Waals surface area contributed by atoms with E-state index in [1.165, 1.54) is 31.2 Å². The van der Waals surface area contributed by atoms with Crippen LogP contribution < -0.4 is 10.6 Å². The second-order valence-corrected chi connectivity index (χ2v) is 5.51. The Bertz CT molecular complexity index is 791. The number of ketones is 1. The molecule has 0 bridgehead atoms. The van der Waals surface area contributed by atoms with E-state index in [-0.39, 0.29) is 16.5 Å². The van der Waals surface area contributed by atoms with Crippen LogP contribution in [-0.4, -0.2) is 17.6 Å². The number of hydrogen-bond acceptors (Lipinski definition) is 3. The van der Waals surface area contributed by atoms with Crippen molar-refractivity contribution in [3.63, 3.8) is 0 Å². The first-order valence-corrected chi connectivity index (χ1v) is 7.31. The summed E-state index contributed by atoms with van der Waals surface area (Å²) in [6.45, 7) is 1.41. The minimum atomic E-state index is -0.887. The molecule has 118 valence electrons. The maximum atomic E-state index is 11.9. The number of carbonyl (C=O) groups is 3. The average Bonchev–Trinajstić information content (AvgIpc) is 2.50. The SMILES string of the molecule is CC(=O)c1cccc(NC(=O)C(=O)Nc2ccc(Cl)cc2Cl)c1. The number of carbonyl (C=O) groups excluding carboxylic acids is 3. The van der Waals surface area contributed by atoms with Gasteiger partial charge in [0, 0.05) is 16.3 Å². The second kappa shape index (κ2) is 7.26. The van der Waals surface area contributed by atoms with E-state index in [4.69, 9.17) is 23.2 Å². The molecule has 0 spiro atoms. The van der Waals surface area contributed by atoms with Gasteiger partial charge in [0.25, 0.3) is 0 Å². The summed E-state index contributed by atoms with van der Waals surface area (Å²) >= 11 is 11.7. The summed E-state index contributed by atoms with van der Waals surface area (Å²) in [5, 5.41) is 5.44. The fourth-order valence-corrected chi connectivity index (χ4v) is 2.23. The maximum absolute atomic E-state index is 11.9. The Morgan fingerprint density at radius 2 is 1.61 bits per heavy atom. The first-order valence-electron chi connectivity index (χ1n) is 6.55. The molecule has 0 unspecified atom stereocenters. The quantitative estimate of drug-likeness (QED) is 0.653. The molecule has 7 heteroatoms. The lowest BCUT2D eigenvalue weighted by Gasteiger charge is -2.08. The van der Waals surface area contributed by atoms with Crippen LogP contribution in [0.5, 0.6) is 0 Å². The van der Waals surface area contributed by atoms with E-state index in [0.29, 0.717) is 16.3 Å². The number of amides is 2. The molecule has 0 aliphatic heterocycles. The molecule has 0 heterocycles. The van der Waals surface area contributed by atoms with Crippen LogP contribution in [-0.2, 0) is 9.59 Å². The summed E-state index contributed by atoms with van der Waals surface area (Å²) in [6, 6.07) is 10.8. The maximum Gasteiger partial charge on any atom is 0.314 e. The fraction of sp³-hybridized carbons (Fsp3) is 0.0625. The van der Waals surface area contributed by atoms with Gasteiger partial charge in [-0.2, -0.15) is 0 Å². The first-order chi connectivity index (χ1) is 10.9. The molecule has 2 rings (SSSR count). The van der Waals surface area contributed by atoms with Crippen molar-refractivity contribution in [2.24, 2.45) is 0 Å². The van der Waals surface area contributed by atoms with Gasteiger partial charge in [-0.3, -0.25) is 14.4 Å². The van der Waals surface area contributed by atoms with Gasteiger partial charge in [0.1, 0.15) is 0 Å². The highest BCUT2D eigenvalue weighted by molar-refractivity contribution is 6.45. The van der Waals surface area contributed by atoms with Crippen LogP contribution in [0.1, 0.15) is 17.3 Å². The Hall–Kier alpha value is -2.37. The van der Waals surface area contributed by atoms with Crippen LogP contribution in [0.15, 0.2) is 42.5 Å². The minimum absolute atomic E-state index is 0.140. The molecular formula is C16H12Cl2N2O3. The molecule has 2 amide bonds. The van der Waals surface area contributed by atoms with Gasteiger partial charge in [0.2, 0.25) is 0 Å². The molecule has 2 N–H and O–H groups in total. The predicted octanol–water partition coefficient (Wildman–Crippen LogP) is 3.77. The zero-order chi connectivity index (χ0) is 17.0. The van der Waals surface area contributed by atoms with E-state index < -0.39 is 11.8 Å². The normalized spacial score (nSPS) is 10.0. The van der Waals surface area contributed by atoms with Crippen molar-refractivity contribution in [3.8, 4) is 0 Å². The van der Waals surface area contributed by atoms with Gasteiger partial charge < -0.3 is 10.6 Å². The third-order valence-corrected chi connectivity index (χ3v) is 3.46. The van der Waals surface area contributed by atoms with Crippen LogP contribution in [0, 0.1) is 0 Å². The molecule has 0 aliphatic rings. The molecule has 0 aromatic heterocycles. The summed E-state index contributed by atoms with van der Waals surface area (Å²) in [5.41, 5.74) is 1.05. The molecule has 0 saturated heterocycles. The summed E-state index contributed by atoms with van der Waals surface area (Å²) in [5.74, 6) is -1.90. The lowest BCUT2D eigenvalue weighted by atomic mass is 10.1. The van der Waals surface area contributed by atoms with Crippen molar-refractivity contribution in [2.45, 2.75) is 6.92 Å². The number of rotatable bonds is 3. The highest BCUT2D eigenvalue weighted by atomic mass is 35.5. The number of hydrogen-bond donors (Lipinski definition) is 2. The average molecular weight is 351 g/mol. The summed E-state index contributed by atoms with van der Waals surface area (Å²) < 4.78 is 0. The van der Waals surface area contributed by atoms with Crippen molar-refractivity contribution >= 4 is 52.2 Å². The highest BCUT2D eigenvalue weighted by Crippen LogP contribution is 2.25. The van der Waals surface area contributed by atoms with Crippen LogP contribution in [0.3, 0.4) is 0 Å². The molecule has 5 nitrogen and oxygen atoms in total. The van der Waals surface area contributed by atoms with Crippen LogP contribution in [0.2, 0.25) is 10.0 Å². The molecule has 2 aromatic rings. The third-order valence-electron chi connectivity index (χ3n) is 2.91. The zero-order valence-corrected chi connectivity index (χ0v) is 13.5. The van der Waals surface area contributed by atoms with E-state index in [0.717, 1.165) is 0 Å². The number of anilines is 2. The zero-order valence-electron chi connectivity index (χ0n) is 12.0. The van der Waals surface area contributed by atoms with E-state index in [1.807, 2.05) is 0 Å². The summed E-state index contributed by atoms with van der Waals surface area (Å²) in [7, 11) is 0. The molecule has 0 fully saturated rings. The van der Waals surface area contributed by atoms with Gasteiger partial charge in [0.15, 0.2) is 5.78 Å². The predicted molar refractivity (Wildman–Crippen MR) is 90.2 cm³/mol. The Kier molecular flexibility index (Phi) is 5.36. The van der Waals surface area contributed by atoms with Gasteiger partial charge in [-0.1, -0.05) is 35.3 Å². The largest absolute Gasteiger partial charge is 0.318 e. The van der Waals surface area contributed by atoms with Crippen molar-refractivity contribution in [3.05, 3.63) is 58.1 Å². The number of Topliss-reactive ketones (excluding diaryl/α,β-unsaturated/α-hetero) is 1. The Morgan fingerprint density at radius 1 is 0.913 bits per heavy atom. The minimum Gasteiger partial charge on any atom is -0.318 e. The van der Waals surface area contributed by atoms with Crippen LogP contribution >= 0.6 is 23.2 Å². The molecular weight excluding hydrogens is 339 g/mol. The number of halogens is 2. The second-order valence-electron chi connectivity index (χ2n) is 4.67. The summed E-state index contributed by atoms with van der Waals surface area (Å²) in [4.78, 5) is 35.1. The van der Waals surface area contributed by atoms with Crippen LogP contribution in [0.25, 0.3) is 0 Å². The van der Waals surface area contributed by atoms with Gasteiger partial charge >= 0.3 is 11.8 Å². The molecule has 0 aliphatic carbocycles. The van der Waals surface area contributed by atoms with Crippen molar-refractivity contribution < 1.29 is 14.4 Å². The Balaban J connectivity index is 2.07. The summed E-state index contributed by atoms with van der Waals surface area (Å²) in [6.07, 6.45) is 0. The topological polar surface area (TPSA) is 75.3 Å². The monoisotopic (exact) mass is 350 g/mol. The van der Waals surface area contributed by atoms with E-state index in [1.54, 1.807) is 18.2 Å². The molecule has 0 saturated carbocycles. The van der Waals surface area contributed by atoms with Crippen molar-refractivity contribution in [1.29, 1.82) is 0 Å². The first kappa shape index (κ1) is 17.0. The lowest BCUT2D eigenvalue weighted by molar-refractivity contribution is -0.132. The standard InChI is InChI=1S/C16H12Cl2N2O3/c1-9(21)10-3-2-4-12(7-10)19-15(22)16(23)20-14-6-5-11(17)8-13(14)18/h2-8H,1H3,(H,19,22)(H,20,23). The van der Waals surface area contributed by atoms with Crippen molar-refractivity contribution in [1.82, 2.24) is 0 Å². The Labute approximate surface area is 142 Å². The third kappa shape index (κ3) is 4.55. The van der Waals surface area contributed by atoms with E-state index in [9.17, 15) is 14.4 Å². The lowest BCUT2D eigenvalue weighted by Crippen LogP contribution is -2.29. The van der Waals surface area contributed by atoms with Gasteiger partial charge in [-0.05, 0) is 37.3 Å². The molecule has 0 atom stereocenters. The number of nitrogens with one attached hydrogen (secondary N) is 2.